The Labute approximate surface area is 215 Å². The van der Waals surface area contributed by atoms with Crippen LogP contribution in [0.25, 0.3) is 0 Å². The van der Waals surface area contributed by atoms with Crippen LogP contribution >= 0.6 is 22.9 Å². The molecule has 1 atom stereocenters. The van der Waals surface area contributed by atoms with E-state index in [1.165, 1.54) is 35.8 Å². The molecular formula is C26H21ClFN3O4S. The number of rotatable bonds is 9. The highest BCUT2D eigenvalue weighted by molar-refractivity contribution is 7.12. The lowest BCUT2D eigenvalue weighted by Crippen LogP contribution is -2.47. The van der Waals surface area contributed by atoms with E-state index in [2.05, 4.69) is 10.6 Å². The molecule has 0 fully saturated rings. The van der Waals surface area contributed by atoms with E-state index in [0.717, 1.165) is 4.90 Å². The third-order valence-electron chi connectivity index (χ3n) is 5.24. The summed E-state index contributed by atoms with van der Waals surface area (Å²) in [5.74, 6) is -1.86. The standard InChI is InChI=1S/C26H21ClFN3O4S/c27-17-9-11-18(12-10-17)31(23(32)16-30-25(33)22-8-4-14-36-22)24(20-6-1-2-7-21(20)28)26(34)29-15-19-5-3-13-35-19/h1-14,24H,15-16H2,(H,29,34)(H,30,33)/t24-/m0/s1. The van der Waals surface area contributed by atoms with E-state index in [1.54, 1.807) is 60.0 Å². The Kier molecular flexibility index (Phi) is 8.14. The number of halogens is 2. The Morgan fingerprint density at radius 3 is 2.42 bits per heavy atom. The number of thiophene rings is 1. The summed E-state index contributed by atoms with van der Waals surface area (Å²) < 4.78 is 20.3. The zero-order valence-electron chi connectivity index (χ0n) is 18.8. The highest BCUT2D eigenvalue weighted by atomic mass is 35.5. The molecule has 0 aliphatic carbocycles. The van der Waals surface area contributed by atoms with Gasteiger partial charge in [-0.3, -0.25) is 19.3 Å². The van der Waals surface area contributed by atoms with Crippen molar-refractivity contribution in [3.8, 4) is 0 Å². The quantitative estimate of drug-likeness (QED) is 0.323. The van der Waals surface area contributed by atoms with Gasteiger partial charge in [-0.05, 0) is 53.9 Å². The molecule has 4 aromatic rings. The first-order valence-corrected chi connectivity index (χ1v) is 12.1. The van der Waals surface area contributed by atoms with Crippen LogP contribution in [0.5, 0.6) is 0 Å². The fourth-order valence-corrected chi connectivity index (χ4v) is 4.32. The Balaban J connectivity index is 1.68. The molecule has 2 aromatic carbocycles. The van der Waals surface area contributed by atoms with Gasteiger partial charge in [0.15, 0.2) is 0 Å². The number of nitrogens with zero attached hydrogens (tertiary/aromatic N) is 1. The van der Waals surface area contributed by atoms with E-state index in [9.17, 15) is 18.8 Å². The maximum atomic E-state index is 15.0. The van der Waals surface area contributed by atoms with Crippen molar-refractivity contribution in [1.82, 2.24) is 10.6 Å². The van der Waals surface area contributed by atoms with E-state index >= 15 is 0 Å². The third-order valence-corrected chi connectivity index (χ3v) is 6.36. The van der Waals surface area contributed by atoms with Crippen LogP contribution in [0.3, 0.4) is 0 Å². The molecule has 0 aliphatic heterocycles. The summed E-state index contributed by atoms with van der Waals surface area (Å²) in [6.45, 7) is -0.385. The van der Waals surface area contributed by atoms with Crippen molar-refractivity contribution in [2.24, 2.45) is 0 Å². The van der Waals surface area contributed by atoms with E-state index in [-0.39, 0.29) is 12.1 Å². The molecule has 7 nitrogen and oxygen atoms in total. The number of carbonyl (C=O) groups is 3. The summed E-state index contributed by atoms with van der Waals surface area (Å²) >= 11 is 7.27. The predicted octanol–water partition coefficient (Wildman–Crippen LogP) is 4.95. The molecule has 2 aromatic heterocycles. The molecule has 0 unspecified atom stereocenters. The number of benzene rings is 2. The van der Waals surface area contributed by atoms with Gasteiger partial charge in [-0.1, -0.05) is 35.9 Å². The molecule has 0 bridgehead atoms. The fraction of sp³-hybridized carbons (Fsp3) is 0.115. The number of furan rings is 1. The monoisotopic (exact) mass is 525 g/mol. The highest BCUT2D eigenvalue weighted by Gasteiger charge is 2.34. The molecule has 2 heterocycles. The van der Waals surface area contributed by atoms with Crippen LogP contribution in [0.2, 0.25) is 5.02 Å². The smallest absolute Gasteiger partial charge is 0.261 e. The lowest BCUT2D eigenvalue weighted by molar-refractivity contribution is -0.126. The Morgan fingerprint density at radius 1 is 0.972 bits per heavy atom. The molecule has 4 rings (SSSR count). The Morgan fingerprint density at radius 2 is 1.75 bits per heavy atom. The zero-order valence-corrected chi connectivity index (χ0v) is 20.4. The van der Waals surface area contributed by atoms with E-state index in [4.69, 9.17) is 16.0 Å². The molecule has 184 valence electrons. The van der Waals surface area contributed by atoms with Gasteiger partial charge in [-0.2, -0.15) is 0 Å². The summed E-state index contributed by atoms with van der Waals surface area (Å²) in [5, 5.41) is 7.45. The van der Waals surface area contributed by atoms with Crippen molar-refractivity contribution in [1.29, 1.82) is 0 Å². The molecule has 36 heavy (non-hydrogen) atoms. The van der Waals surface area contributed by atoms with Crippen molar-refractivity contribution in [2.45, 2.75) is 12.6 Å². The Bertz CT molecular complexity index is 1330. The van der Waals surface area contributed by atoms with Crippen molar-refractivity contribution >= 4 is 46.3 Å². The Hall–Kier alpha value is -3.95. The maximum Gasteiger partial charge on any atom is 0.261 e. The number of anilines is 1. The third kappa shape index (κ3) is 5.99. The molecule has 2 N–H and O–H groups in total. The number of hydrogen-bond acceptors (Lipinski definition) is 5. The number of nitrogens with one attached hydrogen (secondary N) is 2. The van der Waals surface area contributed by atoms with Crippen molar-refractivity contribution < 1.29 is 23.2 Å². The van der Waals surface area contributed by atoms with Gasteiger partial charge in [-0.15, -0.1) is 11.3 Å². The van der Waals surface area contributed by atoms with Crippen molar-refractivity contribution in [3.05, 3.63) is 111 Å². The second-order valence-electron chi connectivity index (χ2n) is 7.62. The number of carbonyl (C=O) groups excluding carboxylic acids is 3. The highest BCUT2D eigenvalue weighted by Crippen LogP contribution is 2.30. The lowest BCUT2D eigenvalue weighted by Gasteiger charge is -2.31. The van der Waals surface area contributed by atoms with Crippen molar-refractivity contribution in [3.63, 3.8) is 0 Å². The minimum atomic E-state index is -1.38. The first kappa shape index (κ1) is 25.2. The summed E-state index contributed by atoms with van der Waals surface area (Å²) in [5.41, 5.74) is 0.290. The molecular weight excluding hydrogens is 505 g/mol. The molecule has 0 saturated heterocycles. The van der Waals surface area contributed by atoms with Crippen LogP contribution in [0.15, 0.2) is 88.9 Å². The van der Waals surface area contributed by atoms with Crippen LogP contribution in [0.1, 0.15) is 27.0 Å². The molecule has 0 aliphatic rings. The van der Waals surface area contributed by atoms with Gasteiger partial charge in [0, 0.05) is 16.3 Å². The topological polar surface area (TPSA) is 91.7 Å². The second kappa shape index (κ2) is 11.7. The minimum Gasteiger partial charge on any atom is -0.467 e. The lowest BCUT2D eigenvalue weighted by atomic mass is 10.0. The molecule has 0 radical (unpaired) electrons. The van der Waals surface area contributed by atoms with Crippen LogP contribution in [0, 0.1) is 5.82 Å². The summed E-state index contributed by atoms with van der Waals surface area (Å²) in [6, 6.07) is 17.3. The van der Waals surface area contributed by atoms with Crippen LogP contribution < -0.4 is 15.5 Å². The maximum absolute atomic E-state index is 15.0. The van der Waals surface area contributed by atoms with Gasteiger partial charge >= 0.3 is 0 Å². The van der Waals surface area contributed by atoms with Gasteiger partial charge in [0.05, 0.1) is 24.2 Å². The second-order valence-corrected chi connectivity index (χ2v) is 9.01. The average Bonchev–Trinajstić information content (AvgIpc) is 3.60. The van der Waals surface area contributed by atoms with Gasteiger partial charge < -0.3 is 15.1 Å². The van der Waals surface area contributed by atoms with Gasteiger partial charge in [-0.25, -0.2) is 4.39 Å². The SMILES string of the molecule is O=C(NCC(=O)N(c1ccc(Cl)cc1)[C@H](C(=O)NCc1ccco1)c1ccccc1F)c1cccs1. The largest absolute Gasteiger partial charge is 0.467 e. The number of amides is 3. The average molecular weight is 526 g/mol. The molecule has 3 amide bonds. The fourth-order valence-electron chi connectivity index (χ4n) is 3.55. The normalized spacial score (nSPS) is 11.5. The first-order chi connectivity index (χ1) is 17.4. The predicted molar refractivity (Wildman–Crippen MR) is 135 cm³/mol. The van der Waals surface area contributed by atoms with Gasteiger partial charge in [0.1, 0.15) is 17.6 Å². The molecule has 0 spiro atoms. The van der Waals surface area contributed by atoms with Crippen LogP contribution in [-0.2, 0) is 16.1 Å². The van der Waals surface area contributed by atoms with E-state index in [1.807, 2.05) is 0 Å². The minimum absolute atomic E-state index is 0.0117. The zero-order chi connectivity index (χ0) is 25.5. The number of hydrogen-bond donors (Lipinski definition) is 2. The first-order valence-electron chi connectivity index (χ1n) is 10.9. The van der Waals surface area contributed by atoms with Gasteiger partial charge in [0.2, 0.25) is 11.8 Å². The summed E-state index contributed by atoms with van der Waals surface area (Å²) in [6.07, 6.45) is 1.47. The molecule has 10 heteroatoms. The van der Waals surface area contributed by atoms with Crippen LogP contribution in [-0.4, -0.2) is 24.3 Å². The van der Waals surface area contributed by atoms with Gasteiger partial charge in [0.25, 0.3) is 5.91 Å². The summed E-state index contributed by atoms with van der Waals surface area (Å²) in [7, 11) is 0. The van der Waals surface area contributed by atoms with E-state index < -0.39 is 36.1 Å². The molecule has 0 saturated carbocycles. The van der Waals surface area contributed by atoms with E-state index in [0.29, 0.717) is 21.3 Å². The van der Waals surface area contributed by atoms with Crippen LogP contribution in [0.4, 0.5) is 10.1 Å². The summed E-state index contributed by atoms with van der Waals surface area (Å²) in [4.78, 5) is 41.0. The van der Waals surface area contributed by atoms with Crippen molar-refractivity contribution in [2.75, 3.05) is 11.4 Å².